The molecule has 6 aromatic carbocycles. The van der Waals surface area contributed by atoms with E-state index in [1.54, 1.807) is 0 Å². The van der Waals surface area contributed by atoms with Crippen molar-refractivity contribution in [1.29, 1.82) is 0 Å². The Labute approximate surface area is 213 Å². The summed E-state index contributed by atoms with van der Waals surface area (Å²) in [6.45, 7) is 0. The lowest BCUT2D eigenvalue weighted by Gasteiger charge is -2.13. The Bertz CT molecular complexity index is 2210. The zero-order chi connectivity index (χ0) is 24.1. The topological polar surface area (TPSA) is 17.8 Å². The molecular formula is C35H20N2. The molecular weight excluding hydrogens is 448 g/mol. The Kier molecular flexibility index (Phi) is 3.56. The lowest BCUT2D eigenvalue weighted by Crippen LogP contribution is -1.95. The van der Waals surface area contributed by atoms with Gasteiger partial charge in [0.05, 0.1) is 16.7 Å². The monoisotopic (exact) mass is 468 g/mol. The Hall–Kier alpha value is -4.95. The highest BCUT2D eigenvalue weighted by molar-refractivity contribution is 6.38. The van der Waals surface area contributed by atoms with Gasteiger partial charge < -0.3 is 4.57 Å². The average Bonchev–Trinajstić information content (AvgIpc) is 3.24. The normalized spacial score (nSPS) is 12.3. The van der Waals surface area contributed by atoms with E-state index in [-0.39, 0.29) is 0 Å². The van der Waals surface area contributed by atoms with Crippen LogP contribution >= 0.6 is 0 Å². The van der Waals surface area contributed by atoms with Crippen LogP contribution in [0.15, 0.2) is 121 Å². The smallest absolute Gasteiger partial charge is 0.0701 e. The lowest BCUT2D eigenvalue weighted by atomic mass is 9.93. The largest absolute Gasteiger partial charge is 0.309 e. The van der Waals surface area contributed by atoms with E-state index in [0.717, 1.165) is 16.9 Å². The van der Waals surface area contributed by atoms with Crippen molar-refractivity contribution in [3.63, 3.8) is 0 Å². The van der Waals surface area contributed by atoms with E-state index in [2.05, 4.69) is 113 Å². The average molecular weight is 469 g/mol. The number of hydrogen-bond donors (Lipinski definition) is 0. The molecule has 2 heteroatoms. The summed E-state index contributed by atoms with van der Waals surface area (Å²) in [6, 6.07) is 42.1. The molecule has 8 aromatic rings. The van der Waals surface area contributed by atoms with Gasteiger partial charge in [0, 0.05) is 33.6 Å². The predicted molar refractivity (Wildman–Crippen MR) is 156 cm³/mol. The van der Waals surface area contributed by atoms with Crippen molar-refractivity contribution in [1.82, 2.24) is 9.55 Å². The molecule has 0 radical (unpaired) electrons. The van der Waals surface area contributed by atoms with Crippen LogP contribution in [-0.4, -0.2) is 9.55 Å². The van der Waals surface area contributed by atoms with Crippen LogP contribution in [0.2, 0.25) is 0 Å². The van der Waals surface area contributed by atoms with E-state index in [9.17, 15) is 0 Å². The molecule has 2 nitrogen and oxygen atoms in total. The molecule has 1 aliphatic carbocycles. The van der Waals surface area contributed by atoms with Crippen molar-refractivity contribution < 1.29 is 0 Å². The quantitative estimate of drug-likeness (QED) is 0.231. The molecule has 0 fully saturated rings. The molecule has 0 saturated heterocycles. The summed E-state index contributed by atoms with van der Waals surface area (Å²) >= 11 is 0. The molecule has 0 amide bonds. The Morgan fingerprint density at radius 3 is 1.84 bits per heavy atom. The van der Waals surface area contributed by atoms with Crippen LogP contribution in [-0.2, 0) is 0 Å². The first kappa shape index (κ1) is 19.3. The van der Waals surface area contributed by atoms with E-state index in [1.165, 1.54) is 65.3 Å². The number of nitrogens with zero attached hydrogens (tertiary/aromatic N) is 2. The molecule has 0 unspecified atom stereocenters. The molecule has 2 aromatic heterocycles. The molecule has 0 bridgehead atoms. The highest BCUT2D eigenvalue weighted by Gasteiger charge is 2.23. The van der Waals surface area contributed by atoms with Gasteiger partial charge in [-0.3, -0.25) is 4.98 Å². The molecule has 170 valence electrons. The summed E-state index contributed by atoms with van der Waals surface area (Å²) in [5.74, 6) is 0. The molecule has 0 spiro atoms. The van der Waals surface area contributed by atoms with Gasteiger partial charge in [-0.1, -0.05) is 78.9 Å². The van der Waals surface area contributed by atoms with Crippen molar-refractivity contribution in [3.05, 3.63) is 121 Å². The number of rotatable bonds is 2. The Morgan fingerprint density at radius 1 is 0.432 bits per heavy atom. The zero-order valence-electron chi connectivity index (χ0n) is 19.9. The molecule has 0 N–H and O–H groups in total. The molecule has 0 saturated carbocycles. The zero-order valence-corrected chi connectivity index (χ0v) is 19.9. The van der Waals surface area contributed by atoms with Crippen molar-refractivity contribution >= 4 is 54.1 Å². The van der Waals surface area contributed by atoms with Crippen molar-refractivity contribution in [2.24, 2.45) is 0 Å². The fourth-order valence-corrected chi connectivity index (χ4v) is 6.60. The standard InChI is InChI=1S/C35H20N2/c1-2-20-36-28(8-1)21-14-17-25(18-15-21)37-29-9-4-7-27-26-6-3-5-22-10-11-23-12-13-24-16-19-30(37)35(34(27)29)33(24)32(23)31(22)26/h1-20H. The number of benzene rings is 6. The van der Waals surface area contributed by atoms with Gasteiger partial charge >= 0.3 is 0 Å². The van der Waals surface area contributed by atoms with Gasteiger partial charge in [0.25, 0.3) is 0 Å². The summed E-state index contributed by atoms with van der Waals surface area (Å²) in [7, 11) is 0. The molecule has 2 heterocycles. The maximum Gasteiger partial charge on any atom is 0.0701 e. The maximum absolute atomic E-state index is 4.53. The maximum atomic E-state index is 4.53. The fourth-order valence-electron chi connectivity index (χ4n) is 6.60. The van der Waals surface area contributed by atoms with Crippen LogP contribution in [0, 0.1) is 0 Å². The lowest BCUT2D eigenvalue weighted by molar-refractivity contribution is 1.18. The molecule has 1 aliphatic rings. The Morgan fingerprint density at radius 2 is 1.08 bits per heavy atom. The second kappa shape index (κ2) is 6.83. The van der Waals surface area contributed by atoms with Gasteiger partial charge in [0.2, 0.25) is 0 Å². The third kappa shape index (κ3) is 2.42. The van der Waals surface area contributed by atoms with Gasteiger partial charge in [0.15, 0.2) is 0 Å². The van der Waals surface area contributed by atoms with Gasteiger partial charge in [0.1, 0.15) is 0 Å². The van der Waals surface area contributed by atoms with E-state index < -0.39 is 0 Å². The van der Waals surface area contributed by atoms with Crippen LogP contribution in [0.1, 0.15) is 0 Å². The van der Waals surface area contributed by atoms with Gasteiger partial charge in [-0.15, -0.1) is 0 Å². The minimum absolute atomic E-state index is 0.992. The van der Waals surface area contributed by atoms with E-state index >= 15 is 0 Å². The van der Waals surface area contributed by atoms with Gasteiger partial charge in [-0.25, -0.2) is 0 Å². The van der Waals surface area contributed by atoms with Gasteiger partial charge in [-0.05, 0) is 74.5 Å². The van der Waals surface area contributed by atoms with Crippen molar-refractivity contribution in [2.75, 3.05) is 0 Å². The number of hydrogen-bond acceptors (Lipinski definition) is 1. The van der Waals surface area contributed by atoms with E-state index in [0.29, 0.717) is 0 Å². The minimum Gasteiger partial charge on any atom is -0.309 e. The summed E-state index contributed by atoms with van der Waals surface area (Å²) in [4.78, 5) is 4.53. The minimum atomic E-state index is 0.992. The van der Waals surface area contributed by atoms with Crippen molar-refractivity contribution in [3.8, 4) is 28.1 Å². The van der Waals surface area contributed by atoms with Crippen LogP contribution < -0.4 is 0 Å². The number of fused-ring (bicyclic) bond motifs is 1. The third-order valence-corrected chi connectivity index (χ3v) is 8.14. The first-order chi connectivity index (χ1) is 18.4. The molecule has 0 atom stereocenters. The van der Waals surface area contributed by atoms with Crippen LogP contribution in [0.5, 0.6) is 0 Å². The van der Waals surface area contributed by atoms with E-state index in [4.69, 9.17) is 0 Å². The highest BCUT2D eigenvalue weighted by atomic mass is 15.0. The molecule has 37 heavy (non-hydrogen) atoms. The first-order valence-corrected chi connectivity index (χ1v) is 12.7. The second-order valence-corrected chi connectivity index (χ2v) is 9.99. The first-order valence-electron chi connectivity index (χ1n) is 12.7. The fraction of sp³-hybridized carbons (Fsp3) is 0. The summed E-state index contributed by atoms with van der Waals surface area (Å²) in [5, 5.41) is 10.7. The predicted octanol–water partition coefficient (Wildman–Crippen LogP) is 9.29. The van der Waals surface area contributed by atoms with Gasteiger partial charge in [-0.2, -0.15) is 0 Å². The molecule has 0 aliphatic heterocycles. The van der Waals surface area contributed by atoms with E-state index in [1.807, 2.05) is 18.3 Å². The summed E-state index contributed by atoms with van der Waals surface area (Å²) in [5.41, 5.74) is 8.40. The van der Waals surface area contributed by atoms with Crippen LogP contribution in [0.3, 0.4) is 0 Å². The molecule has 9 rings (SSSR count). The van der Waals surface area contributed by atoms with Crippen LogP contribution in [0.25, 0.3) is 82.2 Å². The second-order valence-electron chi connectivity index (χ2n) is 9.99. The summed E-state index contributed by atoms with van der Waals surface area (Å²) < 4.78 is 2.43. The highest BCUT2D eigenvalue weighted by Crippen LogP contribution is 2.49. The number of pyridine rings is 1. The SMILES string of the molecule is c1ccc(-c2ccc(-n3c4cccc5c4c4c6c(ccc7ccc8cccc-5c8c76)ccc43)cc2)nc1. The number of aromatic nitrogens is 2. The van der Waals surface area contributed by atoms with Crippen molar-refractivity contribution in [2.45, 2.75) is 0 Å². The van der Waals surface area contributed by atoms with Crippen LogP contribution in [0.4, 0.5) is 0 Å². The third-order valence-electron chi connectivity index (χ3n) is 8.14. The Balaban J connectivity index is 1.47. The summed E-state index contributed by atoms with van der Waals surface area (Å²) in [6.07, 6.45) is 1.85.